The van der Waals surface area contributed by atoms with Crippen LogP contribution in [0.2, 0.25) is 0 Å². The lowest BCUT2D eigenvalue weighted by Gasteiger charge is -2.24. The van der Waals surface area contributed by atoms with Crippen LogP contribution in [0.4, 0.5) is 5.82 Å². The lowest BCUT2D eigenvalue weighted by Crippen LogP contribution is -2.30. The first-order valence-corrected chi connectivity index (χ1v) is 11.8. The van der Waals surface area contributed by atoms with Gasteiger partial charge >= 0.3 is 0 Å². The molecule has 3 aromatic heterocycles. The van der Waals surface area contributed by atoms with Gasteiger partial charge in [-0.15, -0.1) is 10.2 Å². The van der Waals surface area contributed by atoms with Crippen molar-refractivity contribution in [3.63, 3.8) is 0 Å². The fourth-order valence-electron chi connectivity index (χ4n) is 4.61. The smallest absolute Gasteiger partial charge is 0.260 e. The summed E-state index contributed by atoms with van der Waals surface area (Å²) in [4.78, 5) is 20.3. The number of hydrogen-bond donors (Lipinski definition) is 1. The Labute approximate surface area is 202 Å². The van der Waals surface area contributed by atoms with Gasteiger partial charge in [0.05, 0.1) is 30.6 Å². The summed E-state index contributed by atoms with van der Waals surface area (Å²) < 4.78 is 10.1. The van der Waals surface area contributed by atoms with E-state index in [2.05, 4.69) is 37.5 Å². The molecule has 6 rings (SSSR count). The number of aryl methyl sites for hydroxylation is 1. The number of ether oxygens (including phenoxy) is 1. The molecule has 0 saturated carbocycles. The molecule has 1 amide bonds. The summed E-state index contributed by atoms with van der Waals surface area (Å²) in [6.07, 6.45) is 5.32. The van der Waals surface area contributed by atoms with Gasteiger partial charge in [-0.2, -0.15) is 5.10 Å². The van der Waals surface area contributed by atoms with E-state index in [1.807, 2.05) is 45.8 Å². The van der Waals surface area contributed by atoms with Crippen LogP contribution in [0.1, 0.15) is 28.9 Å². The number of pyridine rings is 1. The number of hydrogen-bond acceptors (Lipinski definition) is 7. The van der Waals surface area contributed by atoms with Crippen molar-refractivity contribution < 1.29 is 9.53 Å². The second kappa shape index (κ2) is 8.95. The van der Waals surface area contributed by atoms with E-state index in [1.54, 1.807) is 12.4 Å². The van der Waals surface area contributed by atoms with Crippen LogP contribution >= 0.6 is 0 Å². The molecule has 0 saturated heterocycles. The summed E-state index contributed by atoms with van der Waals surface area (Å²) in [7, 11) is 2.11. The maximum atomic E-state index is 13.4. The van der Waals surface area contributed by atoms with Crippen molar-refractivity contribution in [1.82, 2.24) is 34.4 Å². The molecule has 1 N–H and O–H groups in total. The first-order chi connectivity index (χ1) is 17.2. The van der Waals surface area contributed by atoms with Crippen LogP contribution in [0.5, 0.6) is 5.75 Å². The number of rotatable bonds is 1. The maximum absolute atomic E-state index is 13.4. The van der Waals surface area contributed by atoms with Gasteiger partial charge in [-0.3, -0.25) is 14.4 Å². The van der Waals surface area contributed by atoms with Crippen molar-refractivity contribution in [3.05, 3.63) is 60.2 Å². The molecule has 0 aliphatic carbocycles. The average Bonchev–Trinajstić information content (AvgIpc) is 3.50. The molecule has 0 radical (unpaired) electrons. The lowest BCUT2D eigenvalue weighted by atomic mass is 10.0. The van der Waals surface area contributed by atoms with E-state index >= 15 is 0 Å². The molecule has 0 spiro atoms. The van der Waals surface area contributed by atoms with Crippen LogP contribution in [0.25, 0.3) is 22.6 Å². The van der Waals surface area contributed by atoms with Gasteiger partial charge in [0.1, 0.15) is 23.6 Å². The molecule has 2 bridgehead atoms. The number of carbonyl (C=O) groups is 1. The number of benzene rings is 1. The van der Waals surface area contributed by atoms with Crippen LogP contribution in [0, 0.1) is 0 Å². The molecular weight excluding hydrogens is 444 g/mol. The van der Waals surface area contributed by atoms with Crippen LogP contribution < -0.4 is 10.1 Å². The molecule has 1 aromatic carbocycles. The van der Waals surface area contributed by atoms with E-state index < -0.39 is 0 Å². The van der Waals surface area contributed by atoms with Crippen LogP contribution in [-0.4, -0.2) is 60.5 Å². The predicted octanol–water partition coefficient (Wildman–Crippen LogP) is 3.07. The minimum absolute atomic E-state index is 0.275. The topological polar surface area (TPSA) is 103 Å². The van der Waals surface area contributed by atoms with Gasteiger partial charge in [-0.1, -0.05) is 12.1 Å². The van der Waals surface area contributed by atoms with Crippen molar-refractivity contribution in [3.8, 4) is 28.4 Å². The zero-order valence-corrected chi connectivity index (χ0v) is 19.5. The largest absolute Gasteiger partial charge is 0.493 e. The molecule has 5 heterocycles. The van der Waals surface area contributed by atoms with Gasteiger partial charge in [0.25, 0.3) is 5.91 Å². The summed E-state index contributed by atoms with van der Waals surface area (Å²) in [5.41, 5.74) is 4.26. The second-order valence-electron chi connectivity index (χ2n) is 8.94. The number of aromatic nitrogens is 6. The zero-order valence-electron chi connectivity index (χ0n) is 19.5. The standard InChI is InChI=1S/C25H26N8O2/c1-31-10-11-33-21(15-31)19(14-27-33)17-7-8-22-18(13-17)25(34)29-23-6-4-5-20(28-23)24-30-26-16-32(24)9-2-3-12-35-22/h4-8,13-14,16H,2-3,9-12,15H2,1H3,(H,28,29,34). The van der Waals surface area contributed by atoms with E-state index in [9.17, 15) is 4.79 Å². The molecule has 35 heavy (non-hydrogen) atoms. The van der Waals surface area contributed by atoms with Gasteiger partial charge in [-0.05, 0) is 49.7 Å². The highest BCUT2D eigenvalue weighted by Crippen LogP contribution is 2.31. The molecule has 0 fully saturated rings. The number of carbonyl (C=O) groups excluding carboxylic acids is 1. The Hall–Kier alpha value is -4.05. The Morgan fingerprint density at radius 2 is 2.00 bits per heavy atom. The fraction of sp³-hybridized carbons (Fsp3) is 0.320. The molecule has 0 atom stereocenters. The zero-order chi connectivity index (χ0) is 23.8. The molecule has 2 aliphatic heterocycles. The van der Waals surface area contributed by atoms with Gasteiger partial charge in [0, 0.05) is 25.2 Å². The SMILES string of the molecule is CN1CCn2ncc(-c3ccc4c(c3)C(=O)Nc3cccc(n3)-c3nncn3CCCCO4)c2C1. The highest BCUT2D eigenvalue weighted by Gasteiger charge is 2.22. The Morgan fingerprint density at radius 1 is 1.06 bits per heavy atom. The average molecular weight is 471 g/mol. The van der Waals surface area contributed by atoms with E-state index in [0.717, 1.165) is 55.8 Å². The van der Waals surface area contributed by atoms with E-state index in [1.165, 1.54) is 0 Å². The predicted molar refractivity (Wildman–Crippen MR) is 130 cm³/mol. The number of amides is 1. The minimum atomic E-state index is -0.275. The van der Waals surface area contributed by atoms with Crippen molar-refractivity contribution in [1.29, 1.82) is 0 Å². The fourth-order valence-corrected chi connectivity index (χ4v) is 4.61. The Balaban J connectivity index is 1.38. The van der Waals surface area contributed by atoms with E-state index in [-0.39, 0.29) is 5.91 Å². The molecular formula is C25H26N8O2. The first kappa shape index (κ1) is 21.5. The van der Waals surface area contributed by atoms with Gasteiger partial charge in [0.15, 0.2) is 5.82 Å². The van der Waals surface area contributed by atoms with Gasteiger partial charge in [-0.25, -0.2) is 4.98 Å². The second-order valence-corrected chi connectivity index (χ2v) is 8.94. The van der Waals surface area contributed by atoms with Crippen LogP contribution in [-0.2, 0) is 19.6 Å². The van der Waals surface area contributed by atoms with Crippen LogP contribution in [0.3, 0.4) is 0 Å². The Bertz CT molecular complexity index is 1390. The first-order valence-electron chi connectivity index (χ1n) is 11.8. The number of anilines is 1. The van der Waals surface area contributed by atoms with Crippen molar-refractivity contribution in [2.75, 3.05) is 25.5 Å². The molecule has 178 valence electrons. The van der Waals surface area contributed by atoms with Crippen LogP contribution in [0.15, 0.2) is 48.9 Å². The quantitative estimate of drug-likeness (QED) is 0.456. The summed E-state index contributed by atoms with van der Waals surface area (Å²) in [6, 6.07) is 11.3. The third-order valence-electron chi connectivity index (χ3n) is 6.48. The Morgan fingerprint density at radius 3 is 2.94 bits per heavy atom. The highest BCUT2D eigenvalue weighted by molar-refractivity contribution is 6.06. The lowest BCUT2D eigenvalue weighted by molar-refractivity contribution is 0.102. The van der Waals surface area contributed by atoms with Gasteiger partial charge in [0.2, 0.25) is 0 Å². The summed E-state index contributed by atoms with van der Waals surface area (Å²) in [6.45, 7) is 3.91. The van der Waals surface area contributed by atoms with Gasteiger partial charge < -0.3 is 14.6 Å². The molecule has 2 aliphatic rings. The van der Waals surface area contributed by atoms with Crippen molar-refractivity contribution in [2.24, 2.45) is 0 Å². The summed E-state index contributed by atoms with van der Waals surface area (Å²) >= 11 is 0. The normalized spacial score (nSPS) is 16.3. The highest BCUT2D eigenvalue weighted by atomic mass is 16.5. The van der Waals surface area contributed by atoms with Crippen molar-refractivity contribution >= 4 is 11.7 Å². The summed E-state index contributed by atoms with van der Waals surface area (Å²) in [5, 5.41) is 15.8. The number of likely N-dealkylation sites (N-methyl/N-ethyl adjacent to an activating group) is 1. The third kappa shape index (κ3) is 4.17. The number of nitrogens with one attached hydrogen (secondary N) is 1. The monoisotopic (exact) mass is 470 g/mol. The molecule has 0 unspecified atom stereocenters. The number of fused-ring (bicyclic) bond motifs is 6. The van der Waals surface area contributed by atoms with E-state index in [0.29, 0.717) is 35.3 Å². The molecule has 10 nitrogen and oxygen atoms in total. The minimum Gasteiger partial charge on any atom is -0.493 e. The Kier molecular flexibility index (Phi) is 5.49. The summed E-state index contributed by atoms with van der Waals surface area (Å²) in [5.74, 6) is 1.41. The molecule has 10 heteroatoms. The molecule has 4 aromatic rings. The number of nitrogens with zero attached hydrogens (tertiary/aromatic N) is 7. The van der Waals surface area contributed by atoms with E-state index in [4.69, 9.17) is 4.74 Å². The maximum Gasteiger partial charge on any atom is 0.260 e. The van der Waals surface area contributed by atoms with Crippen molar-refractivity contribution in [2.45, 2.75) is 32.5 Å². The third-order valence-corrected chi connectivity index (χ3v) is 6.48.